The third-order valence-electron chi connectivity index (χ3n) is 4.71. The normalized spacial score (nSPS) is 15.0. The molecule has 0 saturated carbocycles. The average molecular weight is 401 g/mol. The molecular weight excluding hydrogens is 384 g/mol. The van der Waals surface area contributed by atoms with Gasteiger partial charge in [-0.15, -0.1) is 0 Å². The zero-order valence-electron chi connectivity index (χ0n) is 14.4. The van der Waals surface area contributed by atoms with E-state index in [0.29, 0.717) is 16.1 Å². The molecule has 3 aromatic rings. The molecule has 0 radical (unpaired) electrons. The highest BCUT2D eigenvalue weighted by Gasteiger charge is 2.23. The number of anilines is 1. The van der Waals surface area contributed by atoms with Crippen LogP contribution in [0.4, 0.5) is 5.69 Å². The second-order valence-electron chi connectivity index (χ2n) is 6.32. The number of nitrogens with zero attached hydrogens (tertiary/aromatic N) is 3. The lowest BCUT2D eigenvalue weighted by atomic mass is 10.2. The summed E-state index contributed by atoms with van der Waals surface area (Å²) in [5.74, 6) is 0. The first kappa shape index (κ1) is 17.9. The Kier molecular flexibility index (Phi) is 4.56. The molecule has 0 aliphatic carbocycles. The first-order valence-electron chi connectivity index (χ1n) is 8.53. The van der Waals surface area contributed by atoms with Gasteiger partial charge in [-0.2, -0.15) is 5.26 Å². The van der Waals surface area contributed by atoms with Gasteiger partial charge in [0.05, 0.1) is 32.8 Å². The number of fused-ring (bicyclic) bond motifs is 1. The van der Waals surface area contributed by atoms with Gasteiger partial charge in [-0.1, -0.05) is 17.7 Å². The van der Waals surface area contributed by atoms with Gasteiger partial charge < -0.3 is 10.2 Å². The highest BCUT2D eigenvalue weighted by Crippen LogP contribution is 2.36. The molecule has 1 aliphatic rings. The number of rotatable bonds is 3. The SMILES string of the molecule is N#Cc1cccc(S(=O)(=O)n2ccc3c(N4CCNCC4)c(Cl)ccc32)c1. The van der Waals surface area contributed by atoms with Crippen molar-refractivity contribution in [3.05, 3.63) is 59.2 Å². The molecule has 138 valence electrons. The van der Waals surface area contributed by atoms with Crippen molar-refractivity contribution in [2.45, 2.75) is 4.90 Å². The summed E-state index contributed by atoms with van der Waals surface area (Å²) >= 11 is 6.46. The second kappa shape index (κ2) is 6.89. The number of aromatic nitrogens is 1. The molecule has 0 atom stereocenters. The Morgan fingerprint density at radius 2 is 1.89 bits per heavy atom. The van der Waals surface area contributed by atoms with E-state index in [9.17, 15) is 8.42 Å². The van der Waals surface area contributed by atoms with Crippen molar-refractivity contribution in [2.75, 3.05) is 31.1 Å². The van der Waals surface area contributed by atoms with E-state index in [1.165, 1.54) is 16.1 Å². The standard InChI is InChI=1S/C19H17ClN4O2S/c20-17-4-5-18-16(19(17)23-10-7-22-8-11-23)6-9-24(18)27(25,26)15-3-1-2-14(12-15)13-21/h1-6,9,12,22H,7-8,10-11H2. The van der Waals surface area contributed by atoms with Crippen LogP contribution in [-0.2, 0) is 10.0 Å². The lowest BCUT2D eigenvalue weighted by molar-refractivity contribution is 0.588. The van der Waals surface area contributed by atoms with Gasteiger partial charge in [-0.3, -0.25) is 0 Å². The fourth-order valence-corrected chi connectivity index (χ4v) is 5.09. The van der Waals surface area contributed by atoms with E-state index in [4.69, 9.17) is 16.9 Å². The Labute approximate surface area is 162 Å². The van der Waals surface area contributed by atoms with Gasteiger partial charge in [0, 0.05) is 37.8 Å². The fraction of sp³-hybridized carbons (Fsp3) is 0.211. The lowest BCUT2D eigenvalue weighted by Gasteiger charge is -2.30. The van der Waals surface area contributed by atoms with E-state index < -0.39 is 10.0 Å². The summed E-state index contributed by atoms with van der Waals surface area (Å²) in [7, 11) is -3.82. The van der Waals surface area contributed by atoms with Gasteiger partial charge in [-0.05, 0) is 36.4 Å². The van der Waals surface area contributed by atoms with Crippen molar-refractivity contribution in [3.63, 3.8) is 0 Å². The number of nitrogens with one attached hydrogen (secondary N) is 1. The predicted octanol–water partition coefficient (Wildman–Crippen LogP) is 2.81. The van der Waals surface area contributed by atoms with E-state index in [1.807, 2.05) is 6.07 Å². The van der Waals surface area contributed by atoms with Crippen LogP contribution in [0, 0.1) is 11.3 Å². The molecule has 0 amide bonds. The van der Waals surface area contributed by atoms with E-state index in [2.05, 4.69) is 10.2 Å². The maximum Gasteiger partial charge on any atom is 0.268 e. The minimum Gasteiger partial charge on any atom is -0.367 e. The van der Waals surface area contributed by atoms with Gasteiger partial charge in [0.15, 0.2) is 0 Å². The Hall–Kier alpha value is -2.53. The van der Waals surface area contributed by atoms with Crippen LogP contribution >= 0.6 is 11.6 Å². The molecule has 2 heterocycles. The molecule has 1 N–H and O–H groups in total. The molecule has 0 unspecified atom stereocenters. The van der Waals surface area contributed by atoms with Gasteiger partial charge in [0.2, 0.25) is 0 Å². The molecule has 6 nitrogen and oxygen atoms in total. The van der Waals surface area contributed by atoms with Crippen LogP contribution in [0.25, 0.3) is 10.9 Å². The molecule has 1 aliphatic heterocycles. The minimum atomic E-state index is -3.82. The molecule has 1 saturated heterocycles. The Balaban J connectivity index is 1.87. The number of hydrogen-bond acceptors (Lipinski definition) is 5. The fourth-order valence-electron chi connectivity index (χ4n) is 3.41. The van der Waals surface area contributed by atoms with Crippen LogP contribution in [0.1, 0.15) is 5.56 Å². The number of halogens is 1. The molecule has 0 spiro atoms. The minimum absolute atomic E-state index is 0.0812. The first-order valence-corrected chi connectivity index (χ1v) is 10.3. The number of piperazine rings is 1. The van der Waals surface area contributed by atoms with Gasteiger partial charge in [0.1, 0.15) is 0 Å². The van der Waals surface area contributed by atoms with Crippen LogP contribution in [0.2, 0.25) is 5.02 Å². The average Bonchev–Trinajstić information content (AvgIpc) is 3.13. The van der Waals surface area contributed by atoms with Crippen molar-refractivity contribution in [1.82, 2.24) is 9.29 Å². The number of nitriles is 1. The van der Waals surface area contributed by atoms with Gasteiger partial charge in [-0.25, -0.2) is 12.4 Å². The van der Waals surface area contributed by atoms with Crippen LogP contribution in [-0.4, -0.2) is 38.6 Å². The predicted molar refractivity (Wildman–Crippen MR) is 106 cm³/mol. The van der Waals surface area contributed by atoms with E-state index in [0.717, 1.165) is 37.3 Å². The molecule has 27 heavy (non-hydrogen) atoms. The third kappa shape index (κ3) is 3.06. The molecule has 1 fully saturated rings. The summed E-state index contributed by atoms with van der Waals surface area (Å²) in [6, 6.07) is 13.2. The third-order valence-corrected chi connectivity index (χ3v) is 6.70. The maximum absolute atomic E-state index is 13.1. The van der Waals surface area contributed by atoms with Crippen molar-refractivity contribution in [2.24, 2.45) is 0 Å². The van der Waals surface area contributed by atoms with Crippen molar-refractivity contribution < 1.29 is 8.42 Å². The van der Waals surface area contributed by atoms with Crippen LogP contribution in [0.15, 0.2) is 53.6 Å². The monoisotopic (exact) mass is 400 g/mol. The smallest absolute Gasteiger partial charge is 0.268 e. The van der Waals surface area contributed by atoms with E-state index >= 15 is 0 Å². The Morgan fingerprint density at radius 3 is 2.63 bits per heavy atom. The summed E-state index contributed by atoms with van der Waals surface area (Å²) < 4.78 is 27.5. The second-order valence-corrected chi connectivity index (χ2v) is 8.54. The largest absolute Gasteiger partial charge is 0.367 e. The summed E-state index contributed by atoms with van der Waals surface area (Å²) in [6.45, 7) is 3.32. The summed E-state index contributed by atoms with van der Waals surface area (Å²) in [6.07, 6.45) is 1.54. The van der Waals surface area contributed by atoms with Gasteiger partial charge >= 0.3 is 0 Å². The van der Waals surface area contributed by atoms with Gasteiger partial charge in [0.25, 0.3) is 10.0 Å². The first-order chi connectivity index (χ1) is 13.0. The highest BCUT2D eigenvalue weighted by atomic mass is 35.5. The molecule has 8 heteroatoms. The summed E-state index contributed by atoms with van der Waals surface area (Å²) in [4.78, 5) is 2.26. The van der Waals surface area contributed by atoms with E-state index in [1.54, 1.807) is 36.5 Å². The number of hydrogen-bond donors (Lipinski definition) is 1. The summed E-state index contributed by atoms with van der Waals surface area (Å²) in [5.41, 5.74) is 1.72. The molecule has 4 rings (SSSR count). The van der Waals surface area contributed by atoms with Crippen LogP contribution in [0.3, 0.4) is 0 Å². The van der Waals surface area contributed by atoms with Crippen molar-refractivity contribution >= 4 is 38.2 Å². The molecule has 1 aromatic heterocycles. The molecule has 0 bridgehead atoms. The maximum atomic E-state index is 13.1. The molecule has 2 aromatic carbocycles. The zero-order valence-corrected chi connectivity index (χ0v) is 16.0. The highest BCUT2D eigenvalue weighted by molar-refractivity contribution is 7.90. The number of benzene rings is 2. The van der Waals surface area contributed by atoms with Crippen LogP contribution < -0.4 is 10.2 Å². The topological polar surface area (TPSA) is 78.1 Å². The van der Waals surface area contributed by atoms with E-state index in [-0.39, 0.29) is 4.90 Å². The lowest BCUT2D eigenvalue weighted by Crippen LogP contribution is -2.43. The quantitative estimate of drug-likeness (QED) is 0.731. The zero-order chi connectivity index (χ0) is 19.0. The van der Waals surface area contributed by atoms with Crippen LogP contribution in [0.5, 0.6) is 0 Å². The Morgan fingerprint density at radius 1 is 1.11 bits per heavy atom. The summed E-state index contributed by atoms with van der Waals surface area (Å²) in [5, 5.41) is 13.8. The van der Waals surface area contributed by atoms with Crippen molar-refractivity contribution in [3.8, 4) is 6.07 Å². The van der Waals surface area contributed by atoms with Crippen molar-refractivity contribution in [1.29, 1.82) is 5.26 Å². The Bertz CT molecular complexity index is 1160. The molecular formula is C19H17ClN4O2S.